The van der Waals surface area contributed by atoms with Crippen LogP contribution in [0.5, 0.6) is 0 Å². The second-order valence-corrected chi connectivity index (χ2v) is 7.02. The highest BCUT2D eigenvalue weighted by molar-refractivity contribution is 8.06. The van der Waals surface area contributed by atoms with Gasteiger partial charge in [-0.15, -0.1) is 12.6 Å². The third-order valence-corrected chi connectivity index (χ3v) is 5.69. The maximum Gasteiger partial charge on any atom is 0.254 e. The molecular formula is C12H14FNOS3. The summed E-state index contributed by atoms with van der Waals surface area (Å²) in [5.41, 5.74) is 0.0657. The predicted octanol–water partition coefficient (Wildman–Crippen LogP) is 2.69. The van der Waals surface area contributed by atoms with Gasteiger partial charge in [0.05, 0.1) is 5.56 Å². The van der Waals surface area contributed by atoms with E-state index in [1.165, 1.54) is 24.0 Å². The number of benzene rings is 1. The van der Waals surface area contributed by atoms with Crippen LogP contribution in [0.25, 0.3) is 0 Å². The average molecular weight is 303 g/mol. The Bertz CT molecular complexity index is 435. The molecule has 0 bridgehead atoms. The number of carbonyl (C=O) groups is 1. The zero-order chi connectivity index (χ0) is 13.0. The third kappa shape index (κ3) is 3.83. The number of nitrogens with one attached hydrogen (secondary N) is 1. The number of rotatable bonds is 3. The van der Waals surface area contributed by atoms with E-state index in [2.05, 4.69) is 17.9 Å². The molecule has 98 valence electrons. The van der Waals surface area contributed by atoms with E-state index in [-0.39, 0.29) is 11.5 Å². The van der Waals surface area contributed by atoms with Crippen LogP contribution >= 0.6 is 36.2 Å². The Kier molecular flexibility index (Phi) is 5.26. The summed E-state index contributed by atoms with van der Waals surface area (Å²) in [5.74, 6) is 2.47. The van der Waals surface area contributed by atoms with Crippen molar-refractivity contribution in [1.82, 2.24) is 5.32 Å². The first kappa shape index (κ1) is 14.1. The second-order valence-electron chi connectivity index (χ2n) is 3.94. The average Bonchev–Trinajstić information content (AvgIpc) is 2.40. The number of carbonyl (C=O) groups excluding carboxylic acids is 1. The predicted molar refractivity (Wildman–Crippen MR) is 79.6 cm³/mol. The maximum atomic E-state index is 13.5. The van der Waals surface area contributed by atoms with E-state index in [1.807, 2.05) is 23.5 Å². The van der Waals surface area contributed by atoms with Crippen LogP contribution in [-0.4, -0.2) is 35.0 Å². The molecule has 1 heterocycles. The van der Waals surface area contributed by atoms with Crippen molar-refractivity contribution in [3.63, 3.8) is 0 Å². The van der Waals surface area contributed by atoms with Gasteiger partial charge < -0.3 is 5.32 Å². The third-order valence-electron chi connectivity index (χ3n) is 2.57. The van der Waals surface area contributed by atoms with Crippen molar-refractivity contribution in [3.8, 4) is 0 Å². The van der Waals surface area contributed by atoms with Gasteiger partial charge in [0.2, 0.25) is 0 Å². The summed E-state index contributed by atoms with van der Waals surface area (Å²) in [4.78, 5) is 12.4. The van der Waals surface area contributed by atoms with Gasteiger partial charge in [0.15, 0.2) is 0 Å². The van der Waals surface area contributed by atoms with Crippen LogP contribution < -0.4 is 5.32 Å². The van der Waals surface area contributed by atoms with Gasteiger partial charge in [0, 0.05) is 33.9 Å². The van der Waals surface area contributed by atoms with Crippen molar-refractivity contribution in [3.05, 3.63) is 29.6 Å². The van der Waals surface area contributed by atoms with Gasteiger partial charge in [-0.1, -0.05) is 0 Å². The molecule has 0 aromatic heterocycles. The molecule has 1 unspecified atom stereocenters. The molecule has 1 atom stereocenters. The molecule has 0 radical (unpaired) electrons. The number of thiol groups is 1. The summed E-state index contributed by atoms with van der Waals surface area (Å²) in [7, 11) is 0. The van der Waals surface area contributed by atoms with Crippen molar-refractivity contribution in [2.24, 2.45) is 0 Å². The van der Waals surface area contributed by atoms with Gasteiger partial charge in [0.1, 0.15) is 5.82 Å². The summed E-state index contributed by atoms with van der Waals surface area (Å²) in [6.07, 6.45) is 0. The zero-order valence-corrected chi connectivity index (χ0v) is 12.2. The van der Waals surface area contributed by atoms with E-state index in [4.69, 9.17) is 0 Å². The number of hydrogen-bond donors (Lipinski definition) is 2. The van der Waals surface area contributed by atoms with Crippen molar-refractivity contribution in [1.29, 1.82) is 0 Å². The quantitative estimate of drug-likeness (QED) is 0.841. The molecule has 1 aliphatic rings. The summed E-state index contributed by atoms with van der Waals surface area (Å²) < 4.78 is 13.5. The van der Waals surface area contributed by atoms with Crippen LogP contribution in [0.4, 0.5) is 4.39 Å². The molecule has 18 heavy (non-hydrogen) atoms. The number of amides is 1. The fourth-order valence-corrected chi connectivity index (χ4v) is 4.46. The van der Waals surface area contributed by atoms with Crippen LogP contribution in [-0.2, 0) is 0 Å². The number of hydrogen-bond acceptors (Lipinski definition) is 4. The standard InChI is InChI=1S/C12H14FNOS3/c13-11-2-1-8(16)5-10(11)12(15)14-6-9-7-17-3-4-18-9/h1-2,5,9,16H,3-4,6-7H2,(H,14,15). The highest BCUT2D eigenvalue weighted by Crippen LogP contribution is 2.23. The largest absolute Gasteiger partial charge is 0.351 e. The summed E-state index contributed by atoms with van der Waals surface area (Å²) in [5, 5.41) is 3.22. The van der Waals surface area contributed by atoms with Crippen LogP contribution in [0.3, 0.4) is 0 Å². The molecule has 1 saturated heterocycles. The summed E-state index contributed by atoms with van der Waals surface area (Å²) in [6, 6.07) is 4.25. The smallest absolute Gasteiger partial charge is 0.254 e. The molecule has 1 aromatic carbocycles. The normalized spacial score (nSPS) is 19.6. The molecule has 1 amide bonds. The molecule has 0 spiro atoms. The first-order valence-electron chi connectivity index (χ1n) is 5.63. The van der Waals surface area contributed by atoms with Crippen molar-refractivity contribution in [2.45, 2.75) is 10.1 Å². The second kappa shape index (κ2) is 6.73. The van der Waals surface area contributed by atoms with Gasteiger partial charge >= 0.3 is 0 Å². The first-order chi connectivity index (χ1) is 8.66. The van der Waals surface area contributed by atoms with Gasteiger partial charge in [-0.2, -0.15) is 23.5 Å². The molecule has 0 saturated carbocycles. The fraction of sp³-hybridized carbons (Fsp3) is 0.417. The minimum atomic E-state index is -0.504. The minimum absolute atomic E-state index is 0.0657. The van der Waals surface area contributed by atoms with Gasteiger partial charge in [-0.05, 0) is 18.2 Å². The lowest BCUT2D eigenvalue weighted by molar-refractivity contribution is 0.0950. The van der Waals surface area contributed by atoms with E-state index in [0.29, 0.717) is 16.7 Å². The Morgan fingerprint density at radius 3 is 3.06 bits per heavy atom. The maximum absolute atomic E-state index is 13.5. The fourth-order valence-electron chi connectivity index (χ4n) is 1.64. The van der Waals surface area contributed by atoms with Crippen LogP contribution in [0.2, 0.25) is 0 Å². The topological polar surface area (TPSA) is 29.1 Å². The Morgan fingerprint density at radius 2 is 2.33 bits per heavy atom. The lowest BCUT2D eigenvalue weighted by Crippen LogP contribution is -2.33. The first-order valence-corrected chi connectivity index (χ1v) is 8.28. The van der Waals surface area contributed by atoms with Gasteiger partial charge in [0.25, 0.3) is 5.91 Å². The van der Waals surface area contributed by atoms with Gasteiger partial charge in [-0.25, -0.2) is 4.39 Å². The molecule has 6 heteroatoms. The van der Waals surface area contributed by atoms with E-state index >= 15 is 0 Å². The highest BCUT2D eigenvalue weighted by Gasteiger charge is 2.17. The van der Waals surface area contributed by atoms with Crippen molar-refractivity contribution < 1.29 is 9.18 Å². The molecule has 1 N–H and O–H groups in total. The SMILES string of the molecule is O=C(NCC1CSCCS1)c1cc(S)ccc1F. The Hall–Kier alpha value is -0.330. The van der Waals surface area contributed by atoms with E-state index in [9.17, 15) is 9.18 Å². The Balaban J connectivity index is 1.92. The van der Waals surface area contributed by atoms with E-state index < -0.39 is 5.82 Å². The molecule has 0 aliphatic carbocycles. The number of thioether (sulfide) groups is 2. The lowest BCUT2D eigenvalue weighted by Gasteiger charge is -2.21. The molecule has 1 fully saturated rings. The Labute approximate surface area is 120 Å². The van der Waals surface area contributed by atoms with E-state index in [0.717, 1.165) is 11.5 Å². The number of halogens is 1. The molecule has 1 aromatic rings. The van der Waals surface area contributed by atoms with Crippen LogP contribution in [0, 0.1) is 5.82 Å². The van der Waals surface area contributed by atoms with Crippen LogP contribution in [0.1, 0.15) is 10.4 Å². The summed E-state index contributed by atoms with van der Waals surface area (Å²) >= 11 is 7.87. The Morgan fingerprint density at radius 1 is 1.50 bits per heavy atom. The van der Waals surface area contributed by atoms with E-state index in [1.54, 1.807) is 0 Å². The van der Waals surface area contributed by atoms with Crippen molar-refractivity contribution in [2.75, 3.05) is 23.8 Å². The monoisotopic (exact) mass is 303 g/mol. The molecule has 1 aliphatic heterocycles. The highest BCUT2D eigenvalue weighted by atomic mass is 32.2. The molecular weight excluding hydrogens is 289 g/mol. The zero-order valence-electron chi connectivity index (χ0n) is 9.69. The summed E-state index contributed by atoms with van der Waals surface area (Å²) in [6.45, 7) is 0.590. The van der Waals surface area contributed by atoms with Gasteiger partial charge in [-0.3, -0.25) is 4.79 Å². The van der Waals surface area contributed by atoms with Crippen LogP contribution in [0.15, 0.2) is 23.1 Å². The minimum Gasteiger partial charge on any atom is -0.351 e. The molecule has 2 nitrogen and oxygen atoms in total. The lowest BCUT2D eigenvalue weighted by atomic mass is 10.2. The molecule has 2 rings (SSSR count). The van der Waals surface area contributed by atoms with Crippen molar-refractivity contribution >= 4 is 42.1 Å².